The number of hydrogen-bond donors (Lipinski definition) is 0. The molecule has 0 heterocycles. The van der Waals surface area contributed by atoms with Crippen molar-refractivity contribution in [3.63, 3.8) is 0 Å². The van der Waals surface area contributed by atoms with Gasteiger partial charge in [0.25, 0.3) is 0 Å². The molecule has 0 aliphatic rings. The first kappa shape index (κ1) is 18.4. The van der Waals surface area contributed by atoms with E-state index in [1.807, 2.05) is 0 Å². The molecule has 0 spiro atoms. The molecule has 7 heteroatoms. The SMILES string of the molecule is COCCOCCOCCOCC(=O)[O-].[Au+]. The maximum atomic E-state index is 9.93. The second kappa shape index (κ2) is 15.1. The number of carboxylic acid groups (broad SMARTS) is 1. The maximum absolute atomic E-state index is 9.93. The molecule has 0 aliphatic heterocycles. The zero-order chi connectivity index (χ0) is 11.4. The summed E-state index contributed by atoms with van der Waals surface area (Å²) in [5.41, 5.74) is 0. The molecular formula is C9H17AuO6. The van der Waals surface area contributed by atoms with Gasteiger partial charge in [-0.15, -0.1) is 0 Å². The molecule has 0 aliphatic carbocycles. The van der Waals surface area contributed by atoms with Gasteiger partial charge in [0.1, 0.15) is 0 Å². The summed E-state index contributed by atoms with van der Waals surface area (Å²) in [5, 5.41) is 9.93. The maximum Gasteiger partial charge on any atom is 1.00 e. The number of methoxy groups -OCH3 is 1. The van der Waals surface area contributed by atoms with Crippen molar-refractivity contribution in [1.82, 2.24) is 0 Å². The number of rotatable bonds is 11. The van der Waals surface area contributed by atoms with Crippen molar-refractivity contribution in [2.24, 2.45) is 0 Å². The molecule has 0 unspecified atom stereocenters. The summed E-state index contributed by atoms with van der Waals surface area (Å²) in [6.07, 6.45) is 0. The van der Waals surface area contributed by atoms with Crippen LogP contribution >= 0.6 is 0 Å². The van der Waals surface area contributed by atoms with E-state index in [1.54, 1.807) is 7.11 Å². The number of carbonyl (C=O) groups is 1. The monoisotopic (exact) mass is 418 g/mol. The van der Waals surface area contributed by atoms with E-state index < -0.39 is 12.6 Å². The quantitative estimate of drug-likeness (QED) is 0.298. The second-order valence-electron chi connectivity index (χ2n) is 2.64. The van der Waals surface area contributed by atoms with Gasteiger partial charge in [-0.25, -0.2) is 0 Å². The zero-order valence-corrected chi connectivity index (χ0v) is 11.4. The summed E-state index contributed by atoms with van der Waals surface area (Å²) in [6, 6.07) is 0. The van der Waals surface area contributed by atoms with Gasteiger partial charge >= 0.3 is 22.4 Å². The van der Waals surface area contributed by atoms with E-state index in [4.69, 9.17) is 18.9 Å². The van der Waals surface area contributed by atoms with E-state index in [0.717, 1.165) is 0 Å². The second-order valence-corrected chi connectivity index (χ2v) is 2.64. The number of carboxylic acids is 1. The summed E-state index contributed by atoms with van der Waals surface area (Å²) in [4.78, 5) is 9.93. The fourth-order valence-corrected chi connectivity index (χ4v) is 0.738. The van der Waals surface area contributed by atoms with Crippen LogP contribution in [0.5, 0.6) is 0 Å². The molecule has 0 N–H and O–H groups in total. The molecule has 0 aromatic heterocycles. The van der Waals surface area contributed by atoms with Gasteiger partial charge in [-0.1, -0.05) is 0 Å². The van der Waals surface area contributed by atoms with Gasteiger partial charge < -0.3 is 28.8 Å². The van der Waals surface area contributed by atoms with Crippen molar-refractivity contribution in [1.29, 1.82) is 0 Å². The first-order valence-corrected chi connectivity index (χ1v) is 4.69. The molecule has 0 rings (SSSR count). The first-order valence-electron chi connectivity index (χ1n) is 4.69. The standard InChI is InChI=1S/C9H18O6.Au/c1-12-2-3-13-4-5-14-6-7-15-8-9(10)11;/h2-8H2,1H3,(H,10,11);/q;+1/p-1. The molecular weight excluding hydrogens is 401 g/mol. The summed E-state index contributed by atoms with van der Waals surface area (Å²) < 4.78 is 19.7. The third-order valence-electron chi connectivity index (χ3n) is 1.40. The van der Waals surface area contributed by atoms with Gasteiger partial charge in [-0.05, 0) is 0 Å². The van der Waals surface area contributed by atoms with Crippen molar-refractivity contribution >= 4 is 5.97 Å². The van der Waals surface area contributed by atoms with Crippen LogP contribution in [0.15, 0.2) is 0 Å². The van der Waals surface area contributed by atoms with Gasteiger partial charge in [0.05, 0.1) is 52.2 Å². The number of hydrogen-bond acceptors (Lipinski definition) is 6. The van der Waals surface area contributed by atoms with Crippen molar-refractivity contribution < 1.29 is 51.2 Å². The van der Waals surface area contributed by atoms with Crippen LogP contribution in [0, 0.1) is 0 Å². The van der Waals surface area contributed by atoms with Crippen molar-refractivity contribution in [2.75, 3.05) is 53.4 Å². The van der Waals surface area contributed by atoms with Crippen molar-refractivity contribution in [3.8, 4) is 0 Å². The van der Waals surface area contributed by atoms with E-state index in [2.05, 4.69) is 0 Å². The summed E-state index contributed by atoms with van der Waals surface area (Å²) >= 11 is 0. The molecule has 0 bridgehead atoms. The molecule has 0 fully saturated rings. The van der Waals surface area contributed by atoms with Gasteiger partial charge in [0.15, 0.2) is 0 Å². The van der Waals surface area contributed by atoms with Crippen LogP contribution in [0.2, 0.25) is 0 Å². The Labute approximate surface area is 111 Å². The topological polar surface area (TPSA) is 77.0 Å². The molecule has 100 valence electrons. The Hall–Kier alpha value is 0.0503. The van der Waals surface area contributed by atoms with E-state index in [-0.39, 0.29) is 29.0 Å². The van der Waals surface area contributed by atoms with Crippen LogP contribution in [-0.4, -0.2) is 59.3 Å². The zero-order valence-electron chi connectivity index (χ0n) is 9.20. The minimum absolute atomic E-state index is 0. The van der Waals surface area contributed by atoms with Gasteiger partial charge in [0.2, 0.25) is 0 Å². The molecule has 16 heavy (non-hydrogen) atoms. The Morgan fingerprint density at radius 1 is 0.938 bits per heavy atom. The van der Waals surface area contributed by atoms with E-state index in [0.29, 0.717) is 33.0 Å². The average Bonchev–Trinajstić information content (AvgIpc) is 2.20. The molecule has 6 nitrogen and oxygen atoms in total. The van der Waals surface area contributed by atoms with Crippen LogP contribution in [-0.2, 0) is 46.1 Å². The van der Waals surface area contributed by atoms with Crippen LogP contribution in [0.4, 0.5) is 0 Å². The Balaban J connectivity index is 0. The van der Waals surface area contributed by atoms with E-state index in [1.165, 1.54) is 0 Å². The van der Waals surface area contributed by atoms with Gasteiger partial charge in [-0.3, -0.25) is 0 Å². The first-order chi connectivity index (χ1) is 7.27. The molecule has 0 radical (unpaired) electrons. The molecule has 0 amide bonds. The third-order valence-corrected chi connectivity index (χ3v) is 1.40. The Bertz CT molecular complexity index is 155. The molecule has 0 saturated heterocycles. The van der Waals surface area contributed by atoms with Crippen LogP contribution in [0.1, 0.15) is 0 Å². The van der Waals surface area contributed by atoms with Crippen LogP contribution in [0.3, 0.4) is 0 Å². The van der Waals surface area contributed by atoms with E-state index >= 15 is 0 Å². The number of aliphatic carboxylic acids is 1. The fraction of sp³-hybridized carbons (Fsp3) is 0.889. The van der Waals surface area contributed by atoms with Crippen molar-refractivity contribution in [2.45, 2.75) is 0 Å². The van der Waals surface area contributed by atoms with Crippen LogP contribution < -0.4 is 5.11 Å². The van der Waals surface area contributed by atoms with Crippen molar-refractivity contribution in [3.05, 3.63) is 0 Å². The predicted octanol–water partition coefficient (Wildman–Crippen LogP) is -1.57. The van der Waals surface area contributed by atoms with Gasteiger partial charge in [0, 0.05) is 7.11 Å². The average molecular weight is 418 g/mol. The summed E-state index contributed by atoms with van der Waals surface area (Å²) in [5.74, 6) is -1.22. The Morgan fingerprint density at radius 3 is 1.81 bits per heavy atom. The molecule has 0 saturated carbocycles. The predicted molar refractivity (Wildman–Crippen MR) is 49.3 cm³/mol. The summed E-state index contributed by atoms with van der Waals surface area (Å²) in [6.45, 7) is 2.25. The Kier molecular flexibility index (Phi) is 17.3. The third kappa shape index (κ3) is 16.5. The molecule has 0 aromatic rings. The number of carbonyl (C=O) groups excluding carboxylic acids is 1. The van der Waals surface area contributed by atoms with Crippen LogP contribution in [0.25, 0.3) is 0 Å². The minimum atomic E-state index is -1.22. The smallest absolute Gasteiger partial charge is 0.548 e. The minimum Gasteiger partial charge on any atom is -0.548 e. The normalized spacial score (nSPS) is 9.81. The largest absolute Gasteiger partial charge is 1.00 e. The summed E-state index contributed by atoms with van der Waals surface area (Å²) in [7, 11) is 1.61. The van der Waals surface area contributed by atoms with Gasteiger partial charge in [-0.2, -0.15) is 0 Å². The molecule has 0 atom stereocenters. The fourth-order valence-electron chi connectivity index (χ4n) is 0.738. The molecule has 0 aromatic carbocycles. The Morgan fingerprint density at radius 2 is 1.38 bits per heavy atom. The number of ether oxygens (including phenoxy) is 4. The van der Waals surface area contributed by atoms with E-state index in [9.17, 15) is 9.90 Å².